The van der Waals surface area contributed by atoms with E-state index in [2.05, 4.69) is 254 Å². The predicted octanol–water partition coefficient (Wildman–Crippen LogP) is 16.3. The molecule has 0 bridgehead atoms. The second kappa shape index (κ2) is 15.3. The van der Waals surface area contributed by atoms with Crippen LogP contribution < -0.4 is 26.2 Å². The van der Waals surface area contributed by atoms with Gasteiger partial charge in [0.15, 0.2) is 0 Å². The molecule has 5 heteroatoms. The lowest BCUT2D eigenvalue weighted by molar-refractivity contribution is 0.589. The molecule has 0 aliphatic carbocycles. The summed E-state index contributed by atoms with van der Waals surface area (Å²) in [6.07, 6.45) is 0. The number of benzene rings is 8. The monoisotopic (exact) mass is 913 g/mol. The molecule has 2 aliphatic rings. The molecule has 8 aromatic carbocycles. The molecule has 2 aliphatic heterocycles. The third kappa shape index (κ3) is 6.75. The zero-order valence-electron chi connectivity index (χ0n) is 41.9. The number of nitrogens with zero attached hydrogens (tertiary/aromatic N) is 3. The van der Waals surface area contributed by atoms with E-state index in [0.717, 1.165) is 5.69 Å². The fraction of sp³-hybridized carbons (Fsp3) is 0.219. The Kier molecular flexibility index (Phi) is 9.66. The minimum atomic E-state index is -0.141. The highest BCUT2D eigenvalue weighted by Crippen LogP contribution is 2.51. The molecular weight excluding hydrogens is 854 g/mol. The van der Waals surface area contributed by atoms with Gasteiger partial charge in [-0.25, -0.2) is 0 Å². The zero-order valence-corrected chi connectivity index (χ0v) is 42.7. The smallest absolute Gasteiger partial charge is 0.252 e. The molecule has 0 unspecified atom stereocenters. The Balaban J connectivity index is 1.26. The molecule has 0 saturated carbocycles. The zero-order chi connectivity index (χ0) is 47.9. The SMILES string of the molecule is Cc1ccccc1N(c1ccc2c(c1)N(c1ccc(C(C)(C)C)cc1-c1ccccc1)c1cc(C(C)(C)C)cc3c1B2c1cc(C(C)(C)C)cc2c4sc5ccccc5c4n-3c12)c1ccccc1C. The van der Waals surface area contributed by atoms with E-state index in [4.69, 9.17) is 0 Å². The molecule has 0 radical (unpaired) electrons. The summed E-state index contributed by atoms with van der Waals surface area (Å²) in [5, 5.41) is 2.68. The number of hydrogen-bond donors (Lipinski definition) is 0. The third-order valence-electron chi connectivity index (χ3n) is 15.1. The molecule has 0 saturated heterocycles. The van der Waals surface area contributed by atoms with Crippen LogP contribution in [-0.4, -0.2) is 11.3 Å². The maximum absolute atomic E-state index is 2.69. The Morgan fingerprint density at radius 2 is 1.07 bits per heavy atom. The van der Waals surface area contributed by atoms with Gasteiger partial charge in [0.25, 0.3) is 6.71 Å². The summed E-state index contributed by atoms with van der Waals surface area (Å²) < 4.78 is 5.39. The summed E-state index contributed by atoms with van der Waals surface area (Å²) in [7, 11) is 0. The summed E-state index contributed by atoms with van der Waals surface area (Å²) >= 11 is 1.95. The summed E-state index contributed by atoms with van der Waals surface area (Å²) in [6, 6.07) is 62.6. The Hall–Kier alpha value is -6.82. The van der Waals surface area contributed by atoms with Crippen LogP contribution in [0.4, 0.5) is 34.1 Å². The van der Waals surface area contributed by atoms with Gasteiger partial charge in [0, 0.05) is 55.2 Å². The summed E-state index contributed by atoms with van der Waals surface area (Å²) in [6.45, 7) is 25.7. The van der Waals surface area contributed by atoms with Crippen molar-refractivity contribution in [3.05, 3.63) is 192 Å². The first-order valence-electron chi connectivity index (χ1n) is 24.7. The molecule has 69 heavy (non-hydrogen) atoms. The number of fused-ring (bicyclic) bond motifs is 9. The van der Waals surface area contributed by atoms with Crippen molar-refractivity contribution in [3.8, 4) is 16.8 Å². The van der Waals surface area contributed by atoms with Crippen LogP contribution >= 0.6 is 11.3 Å². The number of thiophene rings is 1. The van der Waals surface area contributed by atoms with Gasteiger partial charge in [-0.15, -0.1) is 11.3 Å². The van der Waals surface area contributed by atoms with Gasteiger partial charge in [0.2, 0.25) is 0 Å². The van der Waals surface area contributed by atoms with Gasteiger partial charge < -0.3 is 14.4 Å². The molecule has 12 rings (SSSR count). The van der Waals surface area contributed by atoms with Crippen LogP contribution in [0.3, 0.4) is 0 Å². The van der Waals surface area contributed by atoms with Gasteiger partial charge in [0.05, 0.1) is 21.4 Å². The highest BCUT2D eigenvalue weighted by Gasteiger charge is 2.45. The highest BCUT2D eigenvalue weighted by molar-refractivity contribution is 7.26. The van der Waals surface area contributed by atoms with Gasteiger partial charge in [-0.2, -0.15) is 0 Å². The van der Waals surface area contributed by atoms with Crippen molar-refractivity contribution in [2.45, 2.75) is 92.4 Å². The van der Waals surface area contributed by atoms with Gasteiger partial charge in [-0.3, -0.25) is 0 Å². The lowest BCUT2D eigenvalue weighted by Gasteiger charge is -2.43. The first kappa shape index (κ1) is 43.5. The van der Waals surface area contributed by atoms with E-state index < -0.39 is 0 Å². The summed E-state index contributed by atoms with van der Waals surface area (Å²) in [4.78, 5) is 5.15. The van der Waals surface area contributed by atoms with Crippen LogP contribution in [0.2, 0.25) is 0 Å². The van der Waals surface area contributed by atoms with E-state index in [9.17, 15) is 0 Å². The fourth-order valence-corrected chi connectivity index (χ4v) is 12.5. The first-order chi connectivity index (χ1) is 33.0. The number of hydrogen-bond acceptors (Lipinski definition) is 3. The van der Waals surface area contributed by atoms with Crippen LogP contribution in [0.5, 0.6) is 0 Å². The number of anilines is 6. The van der Waals surface area contributed by atoms with Crippen LogP contribution in [0.1, 0.15) is 90.1 Å². The van der Waals surface area contributed by atoms with Gasteiger partial charge in [-0.1, -0.05) is 165 Å². The average Bonchev–Trinajstić information content (AvgIpc) is 3.86. The maximum Gasteiger partial charge on any atom is 0.252 e. The molecule has 2 aromatic heterocycles. The van der Waals surface area contributed by atoms with E-state index in [1.165, 1.54) is 121 Å². The van der Waals surface area contributed by atoms with E-state index in [1.54, 1.807) is 0 Å². The molecule has 0 fully saturated rings. The lowest BCUT2D eigenvalue weighted by atomic mass is 9.33. The molecule has 10 aromatic rings. The van der Waals surface area contributed by atoms with E-state index in [1.807, 2.05) is 11.3 Å². The Morgan fingerprint density at radius 3 is 1.74 bits per heavy atom. The average molecular weight is 914 g/mol. The Labute approximate surface area is 412 Å². The van der Waals surface area contributed by atoms with Gasteiger partial charge >= 0.3 is 0 Å². The number of rotatable bonds is 5. The normalized spacial score (nSPS) is 13.4. The van der Waals surface area contributed by atoms with E-state index in [0.29, 0.717) is 0 Å². The Morgan fingerprint density at radius 1 is 0.464 bits per heavy atom. The van der Waals surface area contributed by atoms with E-state index >= 15 is 0 Å². The topological polar surface area (TPSA) is 11.4 Å². The largest absolute Gasteiger partial charge is 0.311 e. The molecule has 3 nitrogen and oxygen atoms in total. The van der Waals surface area contributed by atoms with Crippen molar-refractivity contribution in [2.24, 2.45) is 0 Å². The van der Waals surface area contributed by atoms with Crippen LogP contribution in [-0.2, 0) is 16.2 Å². The third-order valence-corrected chi connectivity index (χ3v) is 16.3. The van der Waals surface area contributed by atoms with Gasteiger partial charge in [-0.05, 0) is 141 Å². The minimum Gasteiger partial charge on any atom is -0.311 e. The Bertz CT molecular complexity index is 3670. The summed E-state index contributed by atoms with van der Waals surface area (Å²) in [5.41, 5.74) is 23.8. The molecule has 340 valence electrons. The van der Waals surface area contributed by atoms with E-state index in [-0.39, 0.29) is 23.0 Å². The second-order valence-corrected chi connectivity index (χ2v) is 23.8. The standard InChI is InChI=1S/C64H60BN3S/c1-39-21-15-18-26-51(39)66(52-27-19-16-22-40(52)2)45-30-31-49-54(38-45)67(53-32-29-42(62(3,4)5)33-47(53)41-23-13-12-14-24-41)55-36-44(64(9,10)11)37-56-58(55)65(49)50-35-43(63(6,7)8)34-48-59(50)68(56)60-46-25-17-20-28-57(46)69-61(48)60/h12-38H,1-11H3. The molecule has 0 amide bonds. The molecular formula is C64H60BN3S. The summed E-state index contributed by atoms with van der Waals surface area (Å²) in [5.74, 6) is 0. The number of aryl methyl sites for hydroxylation is 2. The lowest BCUT2D eigenvalue weighted by Crippen LogP contribution is -2.60. The van der Waals surface area contributed by atoms with Gasteiger partial charge in [0.1, 0.15) is 0 Å². The molecule has 0 N–H and O–H groups in total. The second-order valence-electron chi connectivity index (χ2n) is 22.8. The quantitative estimate of drug-likeness (QED) is 0.159. The van der Waals surface area contributed by atoms with Crippen molar-refractivity contribution >= 4 is 99.8 Å². The van der Waals surface area contributed by atoms with Crippen molar-refractivity contribution in [1.29, 1.82) is 0 Å². The van der Waals surface area contributed by atoms with Crippen LogP contribution in [0.25, 0.3) is 48.0 Å². The number of para-hydroxylation sites is 2. The van der Waals surface area contributed by atoms with Crippen molar-refractivity contribution in [3.63, 3.8) is 0 Å². The highest BCUT2D eigenvalue weighted by atomic mass is 32.1. The predicted molar refractivity (Wildman–Crippen MR) is 301 cm³/mol. The minimum absolute atomic E-state index is 0.0173. The maximum atomic E-state index is 2.69. The molecule has 0 spiro atoms. The number of aromatic nitrogens is 1. The molecule has 0 atom stereocenters. The van der Waals surface area contributed by atoms with Crippen molar-refractivity contribution in [2.75, 3.05) is 9.80 Å². The van der Waals surface area contributed by atoms with Crippen molar-refractivity contribution in [1.82, 2.24) is 4.57 Å². The first-order valence-corrected chi connectivity index (χ1v) is 25.5. The van der Waals surface area contributed by atoms with Crippen LogP contribution in [0.15, 0.2) is 164 Å². The van der Waals surface area contributed by atoms with Crippen LogP contribution in [0, 0.1) is 13.8 Å². The molecule has 4 heterocycles. The van der Waals surface area contributed by atoms with Crippen molar-refractivity contribution < 1.29 is 0 Å². The fourth-order valence-electron chi connectivity index (χ4n) is 11.3.